The van der Waals surface area contributed by atoms with Crippen LogP contribution < -0.4 is 16.6 Å². The molecule has 110 valence electrons. The minimum absolute atomic E-state index is 0.0183. The number of hydrogen-bond acceptors (Lipinski definition) is 7. The van der Waals surface area contributed by atoms with Crippen LogP contribution in [0.25, 0.3) is 0 Å². The number of nitrogens with zero attached hydrogens (tertiary/aromatic N) is 3. The molecule has 3 unspecified atom stereocenters. The lowest BCUT2D eigenvalue weighted by molar-refractivity contribution is -0.383. The monoisotopic (exact) mass is 280 g/mol. The first-order valence-corrected chi connectivity index (χ1v) is 6.75. The van der Waals surface area contributed by atoms with Gasteiger partial charge in [-0.05, 0) is 31.1 Å². The van der Waals surface area contributed by atoms with Gasteiger partial charge in [-0.15, -0.1) is 0 Å². The highest BCUT2D eigenvalue weighted by Gasteiger charge is 2.28. The highest BCUT2D eigenvalue weighted by atomic mass is 16.6. The van der Waals surface area contributed by atoms with E-state index < -0.39 is 4.92 Å². The summed E-state index contributed by atoms with van der Waals surface area (Å²) in [4.78, 5) is 18.4. The highest BCUT2D eigenvalue weighted by molar-refractivity contribution is 5.69. The Labute approximate surface area is 117 Å². The summed E-state index contributed by atoms with van der Waals surface area (Å²) >= 11 is 0. The maximum absolute atomic E-state index is 11.1. The standard InChI is InChI=1S/C12H20N6O2/c1-7-3-4-9(5-8(7)2)16-11-10(18(19)20)12(17-13)15-6-14-11/h6-9H,3-5,13H2,1-2H3,(H2,14,15,16,17). The van der Waals surface area contributed by atoms with E-state index >= 15 is 0 Å². The van der Waals surface area contributed by atoms with Gasteiger partial charge in [-0.2, -0.15) is 0 Å². The smallest absolute Gasteiger partial charge is 0.354 e. The molecule has 1 aromatic heterocycles. The third-order valence-corrected chi connectivity index (χ3v) is 4.08. The van der Waals surface area contributed by atoms with Crippen molar-refractivity contribution < 1.29 is 4.92 Å². The Morgan fingerprint density at radius 2 is 2.00 bits per heavy atom. The van der Waals surface area contributed by atoms with Gasteiger partial charge >= 0.3 is 5.69 Å². The van der Waals surface area contributed by atoms with E-state index in [-0.39, 0.29) is 23.4 Å². The molecule has 1 aliphatic rings. The van der Waals surface area contributed by atoms with Crippen LogP contribution in [0.2, 0.25) is 0 Å². The average Bonchev–Trinajstić information content (AvgIpc) is 2.42. The molecule has 4 N–H and O–H groups in total. The second kappa shape index (κ2) is 6.00. The van der Waals surface area contributed by atoms with Crippen LogP contribution >= 0.6 is 0 Å². The number of nitro groups is 1. The number of nitrogen functional groups attached to an aromatic ring is 1. The first-order valence-electron chi connectivity index (χ1n) is 6.75. The molecule has 0 spiro atoms. The number of anilines is 2. The van der Waals surface area contributed by atoms with Gasteiger partial charge in [0.1, 0.15) is 6.33 Å². The van der Waals surface area contributed by atoms with Gasteiger partial charge in [0.25, 0.3) is 0 Å². The molecule has 1 heterocycles. The molecule has 0 saturated heterocycles. The molecule has 0 radical (unpaired) electrons. The van der Waals surface area contributed by atoms with E-state index in [4.69, 9.17) is 5.84 Å². The quantitative estimate of drug-likeness (QED) is 0.437. The molecule has 0 amide bonds. The van der Waals surface area contributed by atoms with Crippen molar-refractivity contribution in [3.8, 4) is 0 Å². The van der Waals surface area contributed by atoms with E-state index in [9.17, 15) is 10.1 Å². The molecule has 2 rings (SSSR count). The van der Waals surface area contributed by atoms with Crippen molar-refractivity contribution in [1.29, 1.82) is 0 Å². The molecule has 20 heavy (non-hydrogen) atoms. The molecule has 8 nitrogen and oxygen atoms in total. The summed E-state index contributed by atoms with van der Waals surface area (Å²) in [5.74, 6) is 6.78. The van der Waals surface area contributed by atoms with E-state index in [2.05, 4.69) is 34.6 Å². The summed E-state index contributed by atoms with van der Waals surface area (Å²) in [5.41, 5.74) is 2.03. The average molecular weight is 280 g/mol. The molecule has 0 bridgehead atoms. The van der Waals surface area contributed by atoms with Crippen LogP contribution in [0.4, 0.5) is 17.3 Å². The van der Waals surface area contributed by atoms with Crippen LogP contribution in [-0.4, -0.2) is 20.9 Å². The van der Waals surface area contributed by atoms with Crippen LogP contribution in [0.3, 0.4) is 0 Å². The summed E-state index contributed by atoms with van der Waals surface area (Å²) in [5, 5.41) is 14.3. The lowest BCUT2D eigenvalue weighted by Gasteiger charge is -2.32. The summed E-state index contributed by atoms with van der Waals surface area (Å²) in [7, 11) is 0. The SMILES string of the molecule is CC1CCC(Nc2ncnc(NN)c2[N+](=O)[O-])CC1C. The second-order valence-corrected chi connectivity index (χ2v) is 5.43. The fourth-order valence-corrected chi connectivity index (χ4v) is 2.63. The third-order valence-electron chi connectivity index (χ3n) is 4.08. The zero-order valence-corrected chi connectivity index (χ0v) is 11.7. The minimum Gasteiger partial charge on any atom is -0.361 e. The lowest BCUT2D eigenvalue weighted by atomic mass is 9.79. The second-order valence-electron chi connectivity index (χ2n) is 5.43. The van der Waals surface area contributed by atoms with Crippen molar-refractivity contribution in [1.82, 2.24) is 9.97 Å². The zero-order chi connectivity index (χ0) is 14.7. The molecule has 3 atom stereocenters. The predicted molar refractivity (Wildman–Crippen MR) is 76.1 cm³/mol. The summed E-state index contributed by atoms with van der Waals surface area (Å²) < 4.78 is 0. The molecule has 8 heteroatoms. The van der Waals surface area contributed by atoms with E-state index in [1.165, 1.54) is 6.33 Å². The molecule has 0 aromatic carbocycles. The van der Waals surface area contributed by atoms with Crippen molar-refractivity contribution in [3.63, 3.8) is 0 Å². The zero-order valence-electron chi connectivity index (χ0n) is 11.7. The van der Waals surface area contributed by atoms with Crippen LogP contribution in [-0.2, 0) is 0 Å². The van der Waals surface area contributed by atoms with E-state index in [0.29, 0.717) is 11.8 Å². The number of hydrazine groups is 1. The molecule has 1 fully saturated rings. The molecular weight excluding hydrogens is 260 g/mol. The van der Waals surface area contributed by atoms with Gasteiger partial charge in [0.05, 0.1) is 4.92 Å². The fraction of sp³-hybridized carbons (Fsp3) is 0.667. The Hall–Kier alpha value is -1.96. The van der Waals surface area contributed by atoms with Gasteiger partial charge in [-0.3, -0.25) is 10.1 Å². The van der Waals surface area contributed by atoms with E-state index in [1.54, 1.807) is 0 Å². The van der Waals surface area contributed by atoms with Gasteiger partial charge in [-0.25, -0.2) is 15.8 Å². The Kier molecular flexibility index (Phi) is 4.33. The van der Waals surface area contributed by atoms with Crippen LogP contribution in [0.1, 0.15) is 33.1 Å². The number of rotatable bonds is 4. The van der Waals surface area contributed by atoms with E-state index in [1.807, 2.05) is 0 Å². The largest absolute Gasteiger partial charge is 0.361 e. The Morgan fingerprint density at radius 3 is 2.60 bits per heavy atom. The van der Waals surface area contributed by atoms with Crippen molar-refractivity contribution in [2.45, 2.75) is 39.2 Å². The molecular formula is C12H20N6O2. The van der Waals surface area contributed by atoms with Gasteiger partial charge < -0.3 is 10.7 Å². The summed E-state index contributed by atoms with van der Waals surface area (Å²) in [6.45, 7) is 4.45. The topological polar surface area (TPSA) is 119 Å². The number of hydrogen-bond donors (Lipinski definition) is 3. The molecule has 1 aliphatic carbocycles. The molecule has 0 aliphatic heterocycles. The summed E-state index contributed by atoms with van der Waals surface area (Å²) in [6, 6.07) is 0.195. The van der Waals surface area contributed by atoms with E-state index in [0.717, 1.165) is 19.3 Å². The van der Waals surface area contributed by atoms with Crippen molar-refractivity contribution in [2.75, 3.05) is 10.7 Å². The van der Waals surface area contributed by atoms with Gasteiger partial charge in [-0.1, -0.05) is 13.8 Å². The van der Waals surface area contributed by atoms with Gasteiger partial charge in [0.15, 0.2) is 0 Å². The van der Waals surface area contributed by atoms with Crippen LogP contribution in [0, 0.1) is 22.0 Å². The molecule has 1 aromatic rings. The van der Waals surface area contributed by atoms with Crippen LogP contribution in [0.15, 0.2) is 6.33 Å². The van der Waals surface area contributed by atoms with Gasteiger partial charge in [0, 0.05) is 6.04 Å². The number of nitrogens with two attached hydrogens (primary N) is 1. The predicted octanol–water partition coefficient (Wildman–Crippen LogP) is 1.91. The number of nitrogens with one attached hydrogen (secondary N) is 2. The van der Waals surface area contributed by atoms with Crippen molar-refractivity contribution in [3.05, 3.63) is 16.4 Å². The van der Waals surface area contributed by atoms with Gasteiger partial charge in [0.2, 0.25) is 11.6 Å². The Bertz CT molecular complexity index is 495. The van der Waals surface area contributed by atoms with Crippen molar-refractivity contribution >= 4 is 17.3 Å². The minimum atomic E-state index is -0.521. The maximum Gasteiger partial charge on any atom is 0.354 e. The molecule has 1 saturated carbocycles. The highest BCUT2D eigenvalue weighted by Crippen LogP contribution is 2.34. The summed E-state index contributed by atoms with van der Waals surface area (Å²) in [6.07, 6.45) is 4.34. The van der Waals surface area contributed by atoms with Crippen LogP contribution in [0.5, 0.6) is 0 Å². The first kappa shape index (κ1) is 14.4. The third kappa shape index (κ3) is 2.96. The number of aromatic nitrogens is 2. The first-order chi connectivity index (χ1) is 9.52. The Balaban J connectivity index is 2.19. The van der Waals surface area contributed by atoms with Crippen molar-refractivity contribution in [2.24, 2.45) is 17.7 Å². The lowest BCUT2D eigenvalue weighted by Crippen LogP contribution is -2.31. The fourth-order valence-electron chi connectivity index (χ4n) is 2.63. The normalized spacial score (nSPS) is 26.1. The maximum atomic E-state index is 11.1. The Morgan fingerprint density at radius 1 is 1.30 bits per heavy atom.